The van der Waals surface area contributed by atoms with Crippen molar-refractivity contribution < 1.29 is 9.53 Å². The van der Waals surface area contributed by atoms with E-state index < -0.39 is 0 Å². The number of fused-ring (bicyclic) bond motifs is 1. The number of benzene rings is 1. The predicted molar refractivity (Wildman–Crippen MR) is 111 cm³/mol. The van der Waals surface area contributed by atoms with Gasteiger partial charge in [-0.05, 0) is 65.0 Å². The third-order valence-electron chi connectivity index (χ3n) is 5.69. The van der Waals surface area contributed by atoms with Gasteiger partial charge in [0.1, 0.15) is 5.75 Å². The molecule has 1 aliphatic carbocycles. The Kier molecular flexibility index (Phi) is 6.42. The fraction of sp³-hybridized carbons (Fsp3) is 0.591. The first kappa shape index (κ1) is 19.7. The number of hydrogen-bond donors (Lipinski definition) is 1. The molecule has 0 unspecified atom stereocenters. The number of ether oxygens (including phenoxy) is 1. The van der Waals surface area contributed by atoms with Crippen molar-refractivity contribution in [3.05, 3.63) is 29.5 Å². The predicted octanol–water partition coefficient (Wildman–Crippen LogP) is 4.15. The highest BCUT2D eigenvalue weighted by Crippen LogP contribution is 2.37. The highest BCUT2D eigenvalue weighted by atomic mass is 16.5. The fourth-order valence-electron chi connectivity index (χ4n) is 4.33. The van der Waals surface area contributed by atoms with Crippen molar-refractivity contribution in [3.8, 4) is 5.75 Å². The Balaban J connectivity index is 1.94. The lowest BCUT2D eigenvalue weighted by molar-refractivity contribution is 0.0953. The molecule has 0 aliphatic heterocycles. The van der Waals surface area contributed by atoms with Gasteiger partial charge >= 0.3 is 0 Å². The number of amides is 1. The van der Waals surface area contributed by atoms with Crippen molar-refractivity contribution in [1.82, 2.24) is 14.8 Å². The molecule has 27 heavy (non-hydrogen) atoms. The van der Waals surface area contributed by atoms with Crippen molar-refractivity contribution >= 4 is 16.8 Å². The molecule has 1 aliphatic rings. The van der Waals surface area contributed by atoms with Gasteiger partial charge in [0.15, 0.2) is 0 Å². The molecule has 3 rings (SSSR count). The Morgan fingerprint density at radius 3 is 2.67 bits per heavy atom. The zero-order valence-corrected chi connectivity index (χ0v) is 17.2. The van der Waals surface area contributed by atoms with Crippen LogP contribution < -0.4 is 10.1 Å². The minimum atomic E-state index is 0.0269. The van der Waals surface area contributed by atoms with E-state index in [2.05, 4.69) is 41.9 Å². The van der Waals surface area contributed by atoms with Crippen molar-refractivity contribution in [2.24, 2.45) is 0 Å². The monoisotopic (exact) mass is 371 g/mol. The first-order valence-electron chi connectivity index (χ1n) is 10.1. The Hall–Kier alpha value is -2.01. The van der Waals surface area contributed by atoms with E-state index in [1.807, 2.05) is 12.1 Å². The molecule has 0 radical (unpaired) electrons. The lowest BCUT2D eigenvalue weighted by Crippen LogP contribution is -2.27. The first-order valence-corrected chi connectivity index (χ1v) is 10.1. The van der Waals surface area contributed by atoms with E-state index in [0.29, 0.717) is 12.6 Å². The molecule has 2 aromatic rings. The van der Waals surface area contributed by atoms with Crippen LogP contribution in [0.3, 0.4) is 0 Å². The summed E-state index contributed by atoms with van der Waals surface area (Å²) in [5.74, 6) is 0.823. The largest absolute Gasteiger partial charge is 0.497 e. The van der Waals surface area contributed by atoms with Crippen LogP contribution in [0.25, 0.3) is 10.9 Å². The summed E-state index contributed by atoms with van der Waals surface area (Å²) >= 11 is 0. The molecule has 0 spiro atoms. The van der Waals surface area contributed by atoms with Crippen LogP contribution in [0.4, 0.5) is 0 Å². The smallest absolute Gasteiger partial charge is 0.253 e. The van der Waals surface area contributed by atoms with Crippen molar-refractivity contribution in [2.45, 2.75) is 51.5 Å². The van der Waals surface area contributed by atoms with Gasteiger partial charge in [-0.2, -0.15) is 0 Å². The molecular weight excluding hydrogens is 338 g/mol. The normalized spacial score (nSPS) is 15.4. The molecule has 1 fully saturated rings. The number of hydrogen-bond acceptors (Lipinski definition) is 3. The molecule has 1 aromatic carbocycles. The summed E-state index contributed by atoms with van der Waals surface area (Å²) in [6.07, 6.45) is 7.20. The number of nitrogens with one attached hydrogen (secondary N) is 1. The number of nitrogens with zero attached hydrogens (tertiary/aromatic N) is 2. The molecule has 0 saturated heterocycles. The number of carbonyl (C=O) groups is 1. The number of carbonyl (C=O) groups excluding carboxylic acids is 1. The van der Waals surface area contributed by atoms with Gasteiger partial charge in [-0.15, -0.1) is 0 Å². The van der Waals surface area contributed by atoms with Gasteiger partial charge in [0, 0.05) is 29.2 Å². The molecular formula is C22H33N3O2. The maximum absolute atomic E-state index is 13.0. The van der Waals surface area contributed by atoms with Crippen molar-refractivity contribution in [2.75, 3.05) is 34.3 Å². The summed E-state index contributed by atoms with van der Waals surface area (Å²) in [5, 5.41) is 4.12. The lowest BCUT2D eigenvalue weighted by atomic mass is 9.95. The zero-order valence-electron chi connectivity index (χ0n) is 17.2. The molecule has 0 bridgehead atoms. The van der Waals surface area contributed by atoms with E-state index >= 15 is 0 Å². The summed E-state index contributed by atoms with van der Waals surface area (Å²) in [4.78, 5) is 15.2. The van der Waals surface area contributed by atoms with Gasteiger partial charge in [0.05, 0.1) is 12.7 Å². The van der Waals surface area contributed by atoms with Crippen LogP contribution in [0.15, 0.2) is 18.2 Å². The van der Waals surface area contributed by atoms with Crippen LogP contribution in [0.2, 0.25) is 0 Å². The number of rotatable bonds is 7. The van der Waals surface area contributed by atoms with Gasteiger partial charge in [-0.25, -0.2) is 0 Å². The number of methoxy groups -OCH3 is 1. The third-order valence-corrected chi connectivity index (χ3v) is 5.69. The van der Waals surface area contributed by atoms with E-state index in [1.165, 1.54) is 32.1 Å². The van der Waals surface area contributed by atoms with Gasteiger partial charge in [-0.3, -0.25) is 4.79 Å². The highest BCUT2D eigenvalue weighted by Gasteiger charge is 2.25. The van der Waals surface area contributed by atoms with E-state index in [4.69, 9.17) is 4.74 Å². The van der Waals surface area contributed by atoms with Crippen LogP contribution in [-0.2, 0) is 0 Å². The Morgan fingerprint density at radius 1 is 1.26 bits per heavy atom. The molecule has 1 saturated carbocycles. The second-order valence-electron chi connectivity index (χ2n) is 7.92. The molecule has 1 amide bonds. The van der Waals surface area contributed by atoms with Crippen LogP contribution in [0.1, 0.15) is 60.6 Å². The van der Waals surface area contributed by atoms with Crippen LogP contribution in [-0.4, -0.2) is 49.7 Å². The van der Waals surface area contributed by atoms with Crippen molar-refractivity contribution in [1.29, 1.82) is 0 Å². The summed E-state index contributed by atoms with van der Waals surface area (Å²) < 4.78 is 7.84. The third kappa shape index (κ3) is 4.29. The van der Waals surface area contributed by atoms with E-state index in [-0.39, 0.29) is 5.91 Å². The first-order chi connectivity index (χ1) is 13.0. The molecule has 1 heterocycles. The maximum atomic E-state index is 13.0. The Bertz CT molecular complexity index is 788. The van der Waals surface area contributed by atoms with Crippen molar-refractivity contribution in [3.63, 3.8) is 0 Å². The zero-order chi connectivity index (χ0) is 19.4. The molecule has 0 atom stereocenters. The second-order valence-corrected chi connectivity index (χ2v) is 7.92. The molecule has 148 valence electrons. The van der Waals surface area contributed by atoms with Gasteiger partial charge in [0.25, 0.3) is 5.91 Å². The van der Waals surface area contributed by atoms with Crippen LogP contribution in [0.5, 0.6) is 5.75 Å². The number of aromatic nitrogens is 1. The standard InChI is InChI=1S/C22H33N3O2/c1-16-21(22(26)23-13-8-14-24(2)3)19-15-18(27-4)11-12-20(19)25(16)17-9-6-5-7-10-17/h11-12,15,17H,5-10,13-14H2,1-4H3,(H,23,26). The average Bonchev–Trinajstić information content (AvgIpc) is 2.96. The molecule has 5 heteroatoms. The topological polar surface area (TPSA) is 46.5 Å². The lowest BCUT2D eigenvalue weighted by Gasteiger charge is -2.26. The van der Waals surface area contributed by atoms with Crippen LogP contribution >= 0.6 is 0 Å². The minimum absolute atomic E-state index is 0.0269. The summed E-state index contributed by atoms with van der Waals surface area (Å²) in [7, 11) is 5.78. The highest BCUT2D eigenvalue weighted by molar-refractivity contribution is 6.08. The minimum Gasteiger partial charge on any atom is -0.497 e. The average molecular weight is 372 g/mol. The van der Waals surface area contributed by atoms with Gasteiger partial charge in [0.2, 0.25) is 0 Å². The van der Waals surface area contributed by atoms with E-state index in [9.17, 15) is 4.79 Å². The summed E-state index contributed by atoms with van der Waals surface area (Å²) in [6, 6.07) is 6.61. The quantitative estimate of drug-likeness (QED) is 0.744. The van der Waals surface area contributed by atoms with Crippen LogP contribution in [0, 0.1) is 6.92 Å². The molecule has 5 nitrogen and oxygen atoms in total. The fourth-order valence-corrected chi connectivity index (χ4v) is 4.33. The Labute approximate surface area is 162 Å². The second kappa shape index (κ2) is 8.79. The molecule has 1 aromatic heterocycles. The van der Waals surface area contributed by atoms with Gasteiger partial charge < -0.3 is 19.5 Å². The van der Waals surface area contributed by atoms with E-state index in [1.54, 1.807) is 7.11 Å². The maximum Gasteiger partial charge on any atom is 0.253 e. The SMILES string of the molecule is COc1ccc2c(c1)c(C(=O)NCCCN(C)C)c(C)n2C1CCCCC1. The molecule has 1 N–H and O–H groups in total. The Morgan fingerprint density at radius 2 is 2.00 bits per heavy atom. The van der Waals surface area contributed by atoms with E-state index in [0.717, 1.165) is 40.9 Å². The summed E-state index contributed by atoms with van der Waals surface area (Å²) in [6.45, 7) is 3.75. The van der Waals surface area contributed by atoms with Gasteiger partial charge in [-0.1, -0.05) is 19.3 Å². The summed E-state index contributed by atoms with van der Waals surface area (Å²) in [5.41, 5.74) is 3.04.